The van der Waals surface area contributed by atoms with Crippen LogP contribution in [0.2, 0.25) is 5.02 Å². The molecule has 0 amide bonds. The van der Waals surface area contributed by atoms with Gasteiger partial charge in [-0.15, -0.1) is 0 Å². The van der Waals surface area contributed by atoms with Crippen LogP contribution in [0.3, 0.4) is 0 Å². The summed E-state index contributed by atoms with van der Waals surface area (Å²) in [5.74, 6) is 0. The number of hydrogen-bond donors (Lipinski definition) is 1. The van der Waals surface area contributed by atoms with Gasteiger partial charge < -0.3 is 5.73 Å². The van der Waals surface area contributed by atoms with E-state index in [1.54, 1.807) is 6.20 Å². The molecule has 1 aromatic heterocycles. The first kappa shape index (κ1) is 12.1. The maximum absolute atomic E-state index is 6.11. The Labute approximate surface area is 106 Å². The quantitative estimate of drug-likeness (QED) is 0.898. The van der Waals surface area contributed by atoms with Gasteiger partial charge in [-0.25, -0.2) is 0 Å². The number of nitrogens with zero attached hydrogens (tertiary/aromatic N) is 1. The molecule has 2 aromatic rings. The molecule has 0 aliphatic rings. The van der Waals surface area contributed by atoms with Crippen molar-refractivity contribution >= 4 is 11.6 Å². The molecule has 0 bridgehead atoms. The van der Waals surface area contributed by atoms with Crippen LogP contribution in [0.25, 0.3) is 0 Å². The number of rotatable bonds is 4. The largest absolute Gasteiger partial charge is 0.324 e. The van der Waals surface area contributed by atoms with Gasteiger partial charge in [0.1, 0.15) is 0 Å². The Bertz CT molecular complexity index is 471. The van der Waals surface area contributed by atoms with Gasteiger partial charge in [-0.3, -0.25) is 4.98 Å². The van der Waals surface area contributed by atoms with Crippen LogP contribution in [0.4, 0.5) is 0 Å². The fourth-order valence-electron chi connectivity index (χ4n) is 1.78. The summed E-state index contributed by atoms with van der Waals surface area (Å²) in [6, 6.07) is 11.9. The summed E-state index contributed by atoms with van der Waals surface area (Å²) in [5.41, 5.74) is 8.41. The molecule has 1 heterocycles. The Kier molecular flexibility index (Phi) is 4.13. The lowest BCUT2D eigenvalue weighted by Crippen LogP contribution is -2.11. The molecule has 2 N–H and O–H groups in total. The predicted octanol–water partition coefficient (Wildman–Crippen LogP) is 3.37. The smallest absolute Gasteiger partial charge is 0.0408 e. The summed E-state index contributed by atoms with van der Waals surface area (Å²) >= 11 is 5.94. The van der Waals surface area contributed by atoms with Crippen LogP contribution in [0.1, 0.15) is 23.6 Å². The Hall–Kier alpha value is -1.38. The molecule has 17 heavy (non-hydrogen) atoms. The maximum atomic E-state index is 6.11. The van der Waals surface area contributed by atoms with Crippen LogP contribution in [-0.4, -0.2) is 4.98 Å². The zero-order chi connectivity index (χ0) is 12.1. The Morgan fingerprint density at radius 2 is 2.12 bits per heavy atom. The molecule has 2 rings (SSSR count). The van der Waals surface area contributed by atoms with Crippen LogP contribution in [0, 0.1) is 0 Å². The molecular formula is C14H15ClN2. The number of hydrogen-bond acceptors (Lipinski definition) is 2. The Balaban J connectivity index is 1.95. The lowest BCUT2D eigenvalue weighted by atomic mass is 10.0. The van der Waals surface area contributed by atoms with Gasteiger partial charge in [0.25, 0.3) is 0 Å². The van der Waals surface area contributed by atoms with Crippen LogP contribution in [0.15, 0.2) is 48.8 Å². The van der Waals surface area contributed by atoms with Gasteiger partial charge in [-0.1, -0.05) is 29.8 Å². The highest BCUT2D eigenvalue weighted by molar-refractivity contribution is 6.30. The van der Waals surface area contributed by atoms with Crippen molar-refractivity contribution in [3.05, 3.63) is 64.9 Å². The SMILES string of the molecule is NC(CCc1cccc(Cl)c1)c1cccnc1. The third kappa shape index (κ3) is 3.55. The highest BCUT2D eigenvalue weighted by Gasteiger charge is 2.06. The monoisotopic (exact) mass is 246 g/mol. The molecular weight excluding hydrogens is 232 g/mol. The van der Waals surface area contributed by atoms with E-state index >= 15 is 0 Å². The van der Waals surface area contributed by atoms with Crippen LogP contribution in [-0.2, 0) is 6.42 Å². The molecule has 1 atom stereocenters. The highest BCUT2D eigenvalue weighted by atomic mass is 35.5. The summed E-state index contributed by atoms with van der Waals surface area (Å²) in [7, 11) is 0. The lowest BCUT2D eigenvalue weighted by molar-refractivity contribution is 0.649. The topological polar surface area (TPSA) is 38.9 Å². The summed E-state index contributed by atoms with van der Waals surface area (Å²) < 4.78 is 0. The van der Waals surface area contributed by atoms with E-state index in [0.29, 0.717) is 0 Å². The number of nitrogens with two attached hydrogens (primary N) is 1. The molecule has 3 heteroatoms. The van der Waals surface area contributed by atoms with E-state index in [9.17, 15) is 0 Å². The summed E-state index contributed by atoms with van der Waals surface area (Å²) in [5, 5.41) is 0.775. The average Bonchev–Trinajstić information content (AvgIpc) is 2.37. The first-order chi connectivity index (χ1) is 8.25. The zero-order valence-electron chi connectivity index (χ0n) is 9.51. The fraction of sp³-hybridized carbons (Fsp3) is 0.214. The molecule has 2 nitrogen and oxygen atoms in total. The van der Waals surface area contributed by atoms with Gasteiger partial charge in [-0.2, -0.15) is 0 Å². The second-order valence-electron chi connectivity index (χ2n) is 4.06. The molecule has 88 valence electrons. The van der Waals surface area contributed by atoms with Crippen molar-refractivity contribution in [1.82, 2.24) is 4.98 Å². The highest BCUT2D eigenvalue weighted by Crippen LogP contribution is 2.17. The second kappa shape index (κ2) is 5.80. The van der Waals surface area contributed by atoms with Gasteiger partial charge in [0.2, 0.25) is 0 Å². The van der Waals surface area contributed by atoms with E-state index in [4.69, 9.17) is 17.3 Å². The number of aryl methyl sites for hydroxylation is 1. The number of aromatic nitrogens is 1. The molecule has 0 saturated heterocycles. The van der Waals surface area contributed by atoms with Gasteiger partial charge in [0, 0.05) is 23.5 Å². The predicted molar refractivity (Wildman–Crippen MR) is 70.9 cm³/mol. The van der Waals surface area contributed by atoms with E-state index < -0.39 is 0 Å². The van der Waals surface area contributed by atoms with E-state index in [-0.39, 0.29) is 6.04 Å². The van der Waals surface area contributed by atoms with Gasteiger partial charge >= 0.3 is 0 Å². The van der Waals surface area contributed by atoms with Crippen LogP contribution >= 0.6 is 11.6 Å². The minimum absolute atomic E-state index is 0.0303. The molecule has 1 aromatic carbocycles. The van der Waals surface area contributed by atoms with Crippen LogP contribution < -0.4 is 5.73 Å². The zero-order valence-corrected chi connectivity index (χ0v) is 10.3. The molecule has 0 aliphatic carbocycles. The van der Waals surface area contributed by atoms with Crippen molar-refractivity contribution in [1.29, 1.82) is 0 Å². The summed E-state index contributed by atoms with van der Waals surface area (Å²) in [4.78, 5) is 4.07. The minimum Gasteiger partial charge on any atom is -0.324 e. The van der Waals surface area contributed by atoms with Crippen LogP contribution in [0.5, 0.6) is 0 Å². The van der Waals surface area contributed by atoms with Crippen molar-refractivity contribution in [2.75, 3.05) is 0 Å². The number of halogens is 1. The molecule has 0 spiro atoms. The van der Waals surface area contributed by atoms with Crippen molar-refractivity contribution in [3.63, 3.8) is 0 Å². The Morgan fingerprint density at radius 1 is 1.24 bits per heavy atom. The minimum atomic E-state index is 0.0303. The number of pyridine rings is 1. The second-order valence-corrected chi connectivity index (χ2v) is 4.50. The maximum Gasteiger partial charge on any atom is 0.0408 e. The molecule has 0 aliphatic heterocycles. The standard InChI is InChI=1S/C14H15ClN2/c15-13-5-1-3-11(9-13)6-7-14(16)12-4-2-8-17-10-12/h1-5,8-10,14H,6-7,16H2. The van der Waals surface area contributed by atoms with Gasteiger partial charge in [-0.05, 0) is 42.2 Å². The number of benzene rings is 1. The van der Waals surface area contributed by atoms with E-state index in [0.717, 1.165) is 23.4 Å². The molecule has 0 fully saturated rings. The lowest BCUT2D eigenvalue weighted by Gasteiger charge is -2.11. The van der Waals surface area contributed by atoms with Crippen molar-refractivity contribution in [3.8, 4) is 0 Å². The normalized spacial score (nSPS) is 12.4. The van der Waals surface area contributed by atoms with Crippen molar-refractivity contribution in [2.24, 2.45) is 5.73 Å². The van der Waals surface area contributed by atoms with E-state index in [2.05, 4.69) is 11.1 Å². The third-order valence-electron chi connectivity index (χ3n) is 2.75. The first-order valence-electron chi connectivity index (χ1n) is 5.65. The first-order valence-corrected chi connectivity index (χ1v) is 6.03. The molecule has 1 unspecified atom stereocenters. The summed E-state index contributed by atoms with van der Waals surface area (Å²) in [6.45, 7) is 0. The fourth-order valence-corrected chi connectivity index (χ4v) is 1.99. The average molecular weight is 247 g/mol. The molecule has 0 radical (unpaired) electrons. The van der Waals surface area contributed by atoms with Crippen molar-refractivity contribution in [2.45, 2.75) is 18.9 Å². The van der Waals surface area contributed by atoms with Crippen molar-refractivity contribution < 1.29 is 0 Å². The van der Waals surface area contributed by atoms with E-state index in [1.807, 2.05) is 36.5 Å². The summed E-state index contributed by atoms with van der Waals surface area (Å²) in [6.07, 6.45) is 5.40. The van der Waals surface area contributed by atoms with E-state index in [1.165, 1.54) is 5.56 Å². The van der Waals surface area contributed by atoms with Gasteiger partial charge in [0.15, 0.2) is 0 Å². The molecule has 0 saturated carbocycles. The van der Waals surface area contributed by atoms with Gasteiger partial charge in [0.05, 0.1) is 0 Å². The Morgan fingerprint density at radius 3 is 2.82 bits per heavy atom. The third-order valence-corrected chi connectivity index (χ3v) is 2.98.